The van der Waals surface area contributed by atoms with Crippen LogP contribution in [0.1, 0.15) is 6.42 Å². The molecule has 0 spiro atoms. The van der Waals surface area contributed by atoms with Gasteiger partial charge in [0.15, 0.2) is 5.96 Å². The number of aliphatic hydroxyl groups is 1. The van der Waals surface area contributed by atoms with Crippen LogP contribution in [0.4, 0.5) is 0 Å². The second-order valence-electron chi connectivity index (χ2n) is 2.10. The number of hydrogen-bond donors (Lipinski definition) is 3. The highest BCUT2D eigenvalue weighted by Gasteiger charge is 2.06. The van der Waals surface area contributed by atoms with Gasteiger partial charge in [-0.05, 0) is 6.42 Å². The van der Waals surface area contributed by atoms with Gasteiger partial charge >= 0.3 is 0 Å². The van der Waals surface area contributed by atoms with Gasteiger partial charge in [-0.25, -0.2) is 0 Å². The SMILES string of the molecule is NC1=NCC(O)CCN1. The van der Waals surface area contributed by atoms with Crippen molar-refractivity contribution >= 4 is 5.96 Å². The van der Waals surface area contributed by atoms with Crippen LogP contribution in [0, 0.1) is 0 Å². The normalized spacial score (nSPS) is 28.1. The zero-order valence-electron chi connectivity index (χ0n) is 5.17. The van der Waals surface area contributed by atoms with Crippen LogP contribution in [0.3, 0.4) is 0 Å². The first kappa shape index (κ1) is 6.35. The first-order chi connectivity index (χ1) is 4.29. The predicted molar refractivity (Wildman–Crippen MR) is 35.1 cm³/mol. The molecular weight excluding hydrogens is 118 g/mol. The fourth-order valence-corrected chi connectivity index (χ4v) is 0.718. The quantitative estimate of drug-likeness (QED) is 0.379. The summed E-state index contributed by atoms with van der Waals surface area (Å²) in [6.07, 6.45) is 0.406. The Morgan fingerprint density at radius 2 is 2.56 bits per heavy atom. The van der Waals surface area contributed by atoms with Crippen LogP contribution in [-0.2, 0) is 0 Å². The van der Waals surface area contributed by atoms with E-state index in [1.54, 1.807) is 0 Å². The zero-order valence-corrected chi connectivity index (χ0v) is 5.17. The molecule has 1 atom stereocenters. The van der Waals surface area contributed by atoms with Crippen molar-refractivity contribution in [3.05, 3.63) is 0 Å². The Morgan fingerprint density at radius 3 is 3.33 bits per heavy atom. The Labute approximate surface area is 53.8 Å². The second kappa shape index (κ2) is 2.68. The molecule has 0 aromatic rings. The molecule has 0 saturated heterocycles. The molecule has 0 amide bonds. The van der Waals surface area contributed by atoms with Crippen LogP contribution in [0.15, 0.2) is 4.99 Å². The standard InChI is InChI=1S/C5H11N3O/c6-5-7-2-1-4(9)3-8-5/h4,9H,1-3H2,(H3,6,7,8). The summed E-state index contributed by atoms with van der Waals surface area (Å²) in [6.45, 7) is 1.15. The van der Waals surface area contributed by atoms with E-state index in [2.05, 4.69) is 10.3 Å². The van der Waals surface area contributed by atoms with Gasteiger partial charge in [-0.3, -0.25) is 4.99 Å². The van der Waals surface area contributed by atoms with Crippen molar-refractivity contribution in [2.45, 2.75) is 12.5 Å². The smallest absolute Gasteiger partial charge is 0.188 e. The topological polar surface area (TPSA) is 70.6 Å². The Hall–Kier alpha value is -0.770. The maximum atomic E-state index is 9.00. The minimum atomic E-state index is -0.321. The van der Waals surface area contributed by atoms with Crippen LogP contribution in [-0.4, -0.2) is 30.3 Å². The zero-order chi connectivity index (χ0) is 6.69. The van der Waals surface area contributed by atoms with Crippen LogP contribution in [0.2, 0.25) is 0 Å². The minimum Gasteiger partial charge on any atom is -0.391 e. The molecule has 52 valence electrons. The molecule has 4 N–H and O–H groups in total. The van der Waals surface area contributed by atoms with E-state index in [4.69, 9.17) is 10.8 Å². The molecule has 0 aromatic carbocycles. The molecule has 1 heterocycles. The number of nitrogens with one attached hydrogen (secondary N) is 1. The van der Waals surface area contributed by atoms with Crippen molar-refractivity contribution in [2.24, 2.45) is 10.7 Å². The first-order valence-electron chi connectivity index (χ1n) is 3.01. The molecule has 0 bridgehead atoms. The average molecular weight is 129 g/mol. The van der Waals surface area contributed by atoms with E-state index in [0.717, 1.165) is 13.0 Å². The van der Waals surface area contributed by atoms with Gasteiger partial charge in [-0.1, -0.05) is 0 Å². The number of aliphatic imine (C=N–C) groups is 1. The van der Waals surface area contributed by atoms with Gasteiger partial charge in [0.1, 0.15) is 0 Å². The van der Waals surface area contributed by atoms with E-state index in [1.807, 2.05) is 0 Å². The van der Waals surface area contributed by atoms with Crippen molar-refractivity contribution in [3.8, 4) is 0 Å². The summed E-state index contributed by atoms with van der Waals surface area (Å²) in [4.78, 5) is 3.84. The lowest BCUT2D eigenvalue weighted by atomic mass is 10.3. The number of nitrogens with two attached hydrogens (primary N) is 1. The summed E-state index contributed by atoms with van der Waals surface area (Å²) in [7, 11) is 0. The third kappa shape index (κ3) is 1.89. The molecule has 4 heteroatoms. The number of guanidine groups is 1. The Kier molecular flexibility index (Phi) is 1.89. The minimum absolute atomic E-state index is 0.321. The second-order valence-corrected chi connectivity index (χ2v) is 2.10. The largest absolute Gasteiger partial charge is 0.391 e. The van der Waals surface area contributed by atoms with Crippen molar-refractivity contribution in [1.82, 2.24) is 5.32 Å². The number of nitrogens with zero attached hydrogens (tertiary/aromatic N) is 1. The molecule has 0 fully saturated rings. The third-order valence-electron chi connectivity index (χ3n) is 1.26. The molecule has 1 unspecified atom stereocenters. The number of rotatable bonds is 0. The van der Waals surface area contributed by atoms with Gasteiger partial charge in [0.05, 0.1) is 12.6 Å². The van der Waals surface area contributed by atoms with Gasteiger partial charge in [0, 0.05) is 6.54 Å². The van der Waals surface area contributed by atoms with Crippen molar-refractivity contribution < 1.29 is 5.11 Å². The van der Waals surface area contributed by atoms with Gasteiger partial charge < -0.3 is 16.2 Å². The van der Waals surface area contributed by atoms with E-state index in [0.29, 0.717) is 12.5 Å². The molecule has 1 aliphatic heterocycles. The van der Waals surface area contributed by atoms with Gasteiger partial charge in [0.25, 0.3) is 0 Å². The maximum Gasteiger partial charge on any atom is 0.188 e. The lowest BCUT2D eigenvalue weighted by Gasteiger charge is -2.00. The predicted octanol–water partition coefficient (Wildman–Crippen LogP) is -1.34. The lowest BCUT2D eigenvalue weighted by molar-refractivity contribution is 0.177. The maximum absolute atomic E-state index is 9.00. The number of hydrogen-bond acceptors (Lipinski definition) is 4. The average Bonchev–Trinajstić information content (AvgIpc) is 1.97. The highest BCUT2D eigenvalue weighted by Crippen LogP contribution is 1.93. The van der Waals surface area contributed by atoms with Crippen molar-refractivity contribution in [1.29, 1.82) is 0 Å². The molecule has 0 radical (unpaired) electrons. The summed E-state index contributed by atoms with van der Waals surface area (Å²) in [5.74, 6) is 0.437. The molecule has 4 nitrogen and oxygen atoms in total. The van der Waals surface area contributed by atoms with Crippen LogP contribution in [0.25, 0.3) is 0 Å². The first-order valence-corrected chi connectivity index (χ1v) is 3.01. The summed E-state index contributed by atoms with van der Waals surface area (Å²) in [5, 5.41) is 11.8. The molecule has 0 aliphatic carbocycles. The molecular formula is C5H11N3O. The van der Waals surface area contributed by atoms with Gasteiger partial charge in [0.2, 0.25) is 0 Å². The summed E-state index contributed by atoms with van der Waals surface area (Å²) in [5.41, 5.74) is 5.32. The monoisotopic (exact) mass is 129 g/mol. The van der Waals surface area contributed by atoms with Crippen LogP contribution in [0.5, 0.6) is 0 Å². The molecule has 0 saturated carbocycles. The van der Waals surface area contributed by atoms with E-state index < -0.39 is 0 Å². The lowest BCUT2D eigenvalue weighted by Crippen LogP contribution is -2.31. The van der Waals surface area contributed by atoms with Gasteiger partial charge in [-0.2, -0.15) is 0 Å². The molecule has 9 heavy (non-hydrogen) atoms. The Morgan fingerprint density at radius 1 is 1.78 bits per heavy atom. The van der Waals surface area contributed by atoms with Crippen LogP contribution < -0.4 is 11.1 Å². The third-order valence-corrected chi connectivity index (χ3v) is 1.26. The molecule has 1 aliphatic rings. The van der Waals surface area contributed by atoms with Gasteiger partial charge in [-0.15, -0.1) is 0 Å². The summed E-state index contributed by atoms with van der Waals surface area (Å²) >= 11 is 0. The summed E-state index contributed by atoms with van der Waals surface area (Å²) in [6, 6.07) is 0. The molecule has 0 aromatic heterocycles. The van der Waals surface area contributed by atoms with Crippen molar-refractivity contribution in [2.75, 3.05) is 13.1 Å². The summed E-state index contributed by atoms with van der Waals surface area (Å²) < 4.78 is 0. The van der Waals surface area contributed by atoms with Crippen LogP contribution >= 0.6 is 0 Å². The van der Waals surface area contributed by atoms with Crippen molar-refractivity contribution in [3.63, 3.8) is 0 Å². The van der Waals surface area contributed by atoms with E-state index in [1.165, 1.54) is 0 Å². The number of aliphatic hydroxyl groups excluding tert-OH is 1. The highest BCUT2D eigenvalue weighted by atomic mass is 16.3. The Bertz CT molecular complexity index is 123. The van der Waals surface area contributed by atoms with E-state index >= 15 is 0 Å². The highest BCUT2D eigenvalue weighted by molar-refractivity contribution is 5.77. The van der Waals surface area contributed by atoms with E-state index in [-0.39, 0.29) is 6.10 Å². The Balaban J connectivity index is 2.42. The van der Waals surface area contributed by atoms with E-state index in [9.17, 15) is 0 Å². The molecule has 1 rings (SSSR count). The fraction of sp³-hybridized carbons (Fsp3) is 0.800. The fourth-order valence-electron chi connectivity index (χ4n) is 0.718.